The van der Waals surface area contributed by atoms with E-state index in [9.17, 15) is 18.4 Å². The lowest BCUT2D eigenvalue weighted by atomic mass is 10.3. The Labute approximate surface area is 105 Å². The smallest absolute Gasteiger partial charge is 0.387 e. The van der Waals surface area contributed by atoms with Crippen LogP contribution >= 0.6 is 0 Å². The van der Waals surface area contributed by atoms with Crippen LogP contribution in [0.2, 0.25) is 0 Å². The zero-order chi connectivity index (χ0) is 13.8. The quantitative estimate of drug-likeness (QED) is 0.783. The maximum absolute atomic E-state index is 11.9. The van der Waals surface area contributed by atoms with Gasteiger partial charge in [0.15, 0.2) is 0 Å². The van der Waals surface area contributed by atoms with Gasteiger partial charge in [0.05, 0.1) is 0 Å². The summed E-state index contributed by atoms with van der Waals surface area (Å²) in [7, 11) is 0. The van der Waals surface area contributed by atoms with Crippen molar-refractivity contribution in [1.29, 1.82) is 0 Å². The molecular formula is C11H9F2N3O3. The van der Waals surface area contributed by atoms with E-state index in [-0.39, 0.29) is 11.6 Å². The van der Waals surface area contributed by atoms with Gasteiger partial charge in [0.2, 0.25) is 0 Å². The number of aromatic amines is 2. The van der Waals surface area contributed by atoms with Crippen molar-refractivity contribution in [3.63, 3.8) is 0 Å². The molecule has 0 spiro atoms. The lowest BCUT2D eigenvalue weighted by Crippen LogP contribution is -2.22. The van der Waals surface area contributed by atoms with Crippen molar-refractivity contribution in [3.05, 3.63) is 51.2 Å². The van der Waals surface area contributed by atoms with Crippen LogP contribution in [0.3, 0.4) is 0 Å². The normalized spacial score (nSPS) is 10.5. The fraction of sp³-hybridized carbons (Fsp3) is 0.0909. The molecule has 0 amide bonds. The first-order chi connectivity index (χ1) is 9.02. The topological polar surface area (TPSA) is 87.0 Å². The highest BCUT2D eigenvalue weighted by Gasteiger charge is 2.04. The zero-order valence-electron chi connectivity index (χ0n) is 9.44. The Hall–Kier alpha value is -2.64. The number of benzene rings is 1. The Morgan fingerprint density at radius 2 is 1.79 bits per heavy atom. The monoisotopic (exact) mass is 269 g/mol. The van der Waals surface area contributed by atoms with Crippen molar-refractivity contribution in [1.82, 2.24) is 9.97 Å². The highest BCUT2D eigenvalue weighted by molar-refractivity contribution is 5.56. The predicted molar refractivity (Wildman–Crippen MR) is 64.0 cm³/mol. The summed E-state index contributed by atoms with van der Waals surface area (Å²) in [6, 6.07) is 6.76. The summed E-state index contributed by atoms with van der Waals surface area (Å²) >= 11 is 0. The van der Waals surface area contributed by atoms with Gasteiger partial charge in [-0.15, -0.1) is 0 Å². The minimum Gasteiger partial charge on any atom is -0.435 e. The number of aromatic nitrogens is 2. The molecular weight excluding hydrogens is 260 g/mol. The molecule has 1 aromatic carbocycles. The fourth-order valence-electron chi connectivity index (χ4n) is 1.41. The largest absolute Gasteiger partial charge is 0.435 e. The summed E-state index contributed by atoms with van der Waals surface area (Å²) < 4.78 is 28.1. The van der Waals surface area contributed by atoms with E-state index < -0.39 is 17.9 Å². The Morgan fingerprint density at radius 1 is 1.11 bits per heavy atom. The van der Waals surface area contributed by atoms with Crippen LogP contribution < -0.4 is 21.3 Å². The number of nitrogens with one attached hydrogen (secondary N) is 3. The Bertz CT molecular complexity index is 636. The van der Waals surface area contributed by atoms with Crippen LogP contribution in [0.5, 0.6) is 5.75 Å². The Kier molecular flexibility index (Phi) is 3.60. The van der Waals surface area contributed by atoms with E-state index in [1.165, 1.54) is 24.3 Å². The molecule has 1 aromatic heterocycles. The number of H-pyrrole nitrogens is 2. The molecule has 3 N–H and O–H groups in total. The van der Waals surface area contributed by atoms with Gasteiger partial charge in [-0.3, -0.25) is 14.8 Å². The second kappa shape index (κ2) is 5.34. The third kappa shape index (κ3) is 3.66. The van der Waals surface area contributed by atoms with Gasteiger partial charge in [0.25, 0.3) is 5.56 Å². The molecule has 0 atom stereocenters. The van der Waals surface area contributed by atoms with Crippen LogP contribution in [0.15, 0.2) is 39.9 Å². The van der Waals surface area contributed by atoms with E-state index in [2.05, 4.69) is 15.0 Å². The van der Waals surface area contributed by atoms with Crippen molar-refractivity contribution >= 4 is 11.5 Å². The Balaban J connectivity index is 2.15. The molecule has 0 aliphatic heterocycles. The first kappa shape index (κ1) is 12.8. The van der Waals surface area contributed by atoms with Gasteiger partial charge in [-0.05, 0) is 24.3 Å². The van der Waals surface area contributed by atoms with Crippen molar-refractivity contribution in [2.75, 3.05) is 5.32 Å². The first-order valence-corrected chi connectivity index (χ1v) is 5.18. The summed E-state index contributed by atoms with van der Waals surface area (Å²) in [4.78, 5) is 26.5. The highest BCUT2D eigenvalue weighted by atomic mass is 19.3. The standard InChI is InChI=1S/C11H9F2N3O3/c12-10(13)19-7-3-1-6(2-4-7)14-8-5-9(17)16-11(18)15-8/h1-5,10H,(H3,14,15,16,17,18). The maximum Gasteiger partial charge on any atom is 0.387 e. The molecule has 2 aromatic rings. The molecule has 1 heterocycles. The Morgan fingerprint density at radius 3 is 2.37 bits per heavy atom. The van der Waals surface area contributed by atoms with Gasteiger partial charge in [-0.25, -0.2) is 4.79 Å². The molecule has 0 saturated heterocycles. The lowest BCUT2D eigenvalue weighted by molar-refractivity contribution is -0.0498. The van der Waals surface area contributed by atoms with Crippen molar-refractivity contribution in [3.8, 4) is 5.75 Å². The van der Waals surface area contributed by atoms with Gasteiger partial charge in [0, 0.05) is 11.8 Å². The number of anilines is 2. The molecule has 0 radical (unpaired) electrons. The van der Waals surface area contributed by atoms with Crippen LogP contribution in [-0.4, -0.2) is 16.6 Å². The molecule has 2 rings (SSSR count). The minimum atomic E-state index is -2.89. The van der Waals surface area contributed by atoms with Gasteiger partial charge in [0.1, 0.15) is 11.6 Å². The summed E-state index contributed by atoms with van der Waals surface area (Å²) in [5.74, 6) is 0.205. The van der Waals surface area contributed by atoms with Crippen molar-refractivity contribution in [2.24, 2.45) is 0 Å². The van der Waals surface area contributed by atoms with Crippen LogP contribution in [-0.2, 0) is 0 Å². The van der Waals surface area contributed by atoms with Crippen LogP contribution in [0.4, 0.5) is 20.3 Å². The SMILES string of the molecule is O=c1cc(Nc2ccc(OC(F)F)cc2)[nH]c(=O)[nH]1. The molecule has 0 fully saturated rings. The maximum atomic E-state index is 11.9. The number of hydrogen-bond donors (Lipinski definition) is 3. The molecule has 6 nitrogen and oxygen atoms in total. The van der Waals surface area contributed by atoms with Crippen LogP contribution in [0, 0.1) is 0 Å². The average molecular weight is 269 g/mol. The van der Waals surface area contributed by atoms with Gasteiger partial charge < -0.3 is 10.1 Å². The first-order valence-electron chi connectivity index (χ1n) is 5.18. The summed E-state index contributed by atoms with van der Waals surface area (Å²) in [5, 5.41) is 2.75. The third-order valence-electron chi connectivity index (χ3n) is 2.12. The molecule has 0 bridgehead atoms. The predicted octanol–water partition coefficient (Wildman–Crippen LogP) is 1.41. The van der Waals surface area contributed by atoms with Crippen molar-refractivity contribution in [2.45, 2.75) is 6.61 Å². The van der Waals surface area contributed by atoms with Crippen molar-refractivity contribution < 1.29 is 13.5 Å². The van der Waals surface area contributed by atoms with E-state index in [0.29, 0.717) is 5.69 Å². The molecule has 8 heteroatoms. The van der Waals surface area contributed by atoms with E-state index in [4.69, 9.17) is 0 Å². The number of rotatable bonds is 4. The molecule has 19 heavy (non-hydrogen) atoms. The third-order valence-corrected chi connectivity index (χ3v) is 2.12. The molecule has 0 unspecified atom stereocenters. The summed E-state index contributed by atoms with van der Waals surface area (Å²) in [6.45, 7) is -2.89. The second-order valence-electron chi connectivity index (χ2n) is 3.53. The van der Waals surface area contributed by atoms with Gasteiger partial charge >= 0.3 is 12.3 Å². The van der Waals surface area contributed by atoms with E-state index in [1.807, 2.05) is 4.98 Å². The van der Waals surface area contributed by atoms with E-state index in [0.717, 1.165) is 6.07 Å². The highest BCUT2D eigenvalue weighted by Crippen LogP contribution is 2.19. The van der Waals surface area contributed by atoms with Gasteiger partial charge in [-0.1, -0.05) is 0 Å². The summed E-state index contributed by atoms with van der Waals surface area (Å²) in [6.07, 6.45) is 0. The van der Waals surface area contributed by atoms with Crippen LogP contribution in [0.25, 0.3) is 0 Å². The summed E-state index contributed by atoms with van der Waals surface area (Å²) in [5.41, 5.74) is -0.695. The second-order valence-corrected chi connectivity index (χ2v) is 3.53. The minimum absolute atomic E-state index is 0.0138. The molecule has 100 valence electrons. The number of ether oxygens (including phenoxy) is 1. The van der Waals surface area contributed by atoms with Gasteiger partial charge in [-0.2, -0.15) is 8.78 Å². The molecule has 0 aliphatic rings. The molecule has 0 aliphatic carbocycles. The number of halogens is 2. The number of hydrogen-bond acceptors (Lipinski definition) is 4. The average Bonchev–Trinajstić information content (AvgIpc) is 2.29. The van der Waals surface area contributed by atoms with Crippen LogP contribution in [0.1, 0.15) is 0 Å². The molecule has 0 saturated carbocycles. The lowest BCUT2D eigenvalue weighted by Gasteiger charge is -2.07. The number of alkyl halides is 2. The van der Waals surface area contributed by atoms with E-state index in [1.54, 1.807) is 0 Å². The zero-order valence-corrected chi connectivity index (χ0v) is 9.44. The van der Waals surface area contributed by atoms with E-state index >= 15 is 0 Å². The fourth-order valence-corrected chi connectivity index (χ4v) is 1.41.